The van der Waals surface area contributed by atoms with Crippen LogP contribution in [0.3, 0.4) is 0 Å². The third-order valence-electron chi connectivity index (χ3n) is 4.18. The third kappa shape index (κ3) is 2.99. The largest absolute Gasteiger partial charge is 0.393 e. The molecule has 17 heavy (non-hydrogen) atoms. The fourth-order valence-corrected chi connectivity index (χ4v) is 2.90. The van der Waals surface area contributed by atoms with Crippen molar-refractivity contribution in [1.82, 2.24) is 10.2 Å². The molecule has 0 aromatic carbocycles. The second kappa shape index (κ2) is 5.36. The van der Waals surface area contributed by atoms with Crippen molar-refractivity contribution in [3.05, 3.63) is 0 Å². The van der Waals surface area contributed by atoms with Gasteiger partial charge in [-0.05, 0) is 38.6 Å². The minimum Gasteiger partial charge on any atom is -0.393 e. The second-order valence-electron chi connectivity index (χ2n) is 5.71. The number of likely N-dealkylation sites (tertiary alicyclic amines) is 1. The Kier molecular flexibility index (Phi) is 4.05. The Hall–Kier alpha value is -0.610. The number of amides is 1. The number of nitrogens with one attached hydrogen (secondary N) is 1. The molecule has 0 bridgehead atoms. The molecule has 0 aromatic heterocycles. The van der Waals surface area contributed by atoms with Gasteiger partial charge in [-0.15, -0.1) is 0 Å². The highest BCUT2D eigenvalue weighted by atomic mass is 16.3. The highest BCUT2D eigenvalue weighted by Gasteiger charge is 2.34. The zero-order valence-corrected chi connectivity index (χ0v) is 10.9. The molecule has 1 amide bonds. The molecule has 0 radical (unpaired) electrons. The summed E-state index contributed by atoms with van der Waals surface area (Å²) in [6.07, 6.45) is 2.76. The highest BCUT2D eigenvalue weighted by Crippen LogP contribution is 2.23. The van der Waals surface area contributed by atoms with Crippen LogP contribution in [-0.2, 0) is 4.79 Å². The number of aliphatic hydroxyl groups excluding tert-OH is 1. The molecule has 4 heteroatoms. The molecule has 0 spiro atoms. The quantitative estimate of drug-likeness (QED) is 0.743. The molecule has 0 aromatic rings. The van der Waals surface area contributed by atoms with E-state index in [1.807, 2.05) is 11.8 Å². The number of rotatable bonds is 2. The molecule has 2 N–H and O–H groups in total. The van der Waals surface area contributed by atoms with Crippen molar-refractivity contribution >= 4 is 5.91 Å². The van der Waals surface area contributed by atoms with Gasteiger partial charge in [-0.25, -0.2) is 0 Å². The van der Waals surface area contributed by atoms with Gasteiger partial charge in [0.15, 0.2) is 0 Å². The Morgan fingerprint density at radius 1 is 1.47 bits per heavy atom. The zero-order chi connectivity index (χ0) is 12.4. The van der Waals surface area contributed by atoms with E-state index in [0.717, 1.165) is 32.5 Å². The number of hydrogen-bond donors (Lipinski definition) is 2. The van der Waals surface area contributed by atoms with Gasteiger partial charge in [-0.3, -0.25) is 4.79 Å². The topological polar surface area (TPSA) is 52.6 Å². The van der Waals surface area contributed by atoms with Crippen molar-refractivity contribution in [2.75, 3.05) is 19.6 Å². The number of hydrogen-bond acceptors (Lipinski definition) is 3. The smallest absolute Gasteiger partial charge is 0.239 e. The molecule has 0 saturated carbocycles. The lowest BCUT2D eigenvalue weighted by atomic mass is 9.93. The molecule has 2 fully saturated rings. The highest BCUT2D eigenvalue weighted by molar-refractivity contribution is 5.82. The average Bonchev–Trinajstić information content (AvgIpc) is 2.77. The lowest BCUT2D eigenvalue weighted by molar-refractivity contribution is -0.133. The lowest BCUT2D eigenvalue weighted by Gasteiger charge is -2.30. The van der Waals surface area contributed by atoms with Crippen LogP contribution in [0.25, 0.3) is 0 Å². The first-order valence-corrected chi connectivity index (χ1v) is 6.78. The number of aliphatic hydroxyl groups is 1. The van der Waals surface area contributed by atoms with Crippen LogP contribution in [-0.4, -0.2) is 47.7 Å². The van der Waals surface area contributed by atoms with Gasteiger partial charge >= 0.3 is 0 Å². The van der Waals surface area contributed by atoms with E-state index in [9.17, 15) is 9.90 Å². The van der Waals surface area contributed by atoms with Gasteiger partial charge in [0.05, 0.1) is 12.1 Å². The van der Waals surface area contributed by atoms with Gasteiger partial charge < -0.3 is 15.3 Å². The first kappa shape index (κ1) is 12.8. The summed E-state index contributed by atoms with van der Waals surface area (Å²) in [5.74, 6) is 1.14. The predicted octanol–water partition coefficient (Wildman–Crippen LogP) is 0.604. The Bertz CT molecular complexity index is 281. The van der Waals surface area contributed by atoms with Gasteiger partial charge in [-0.1, -0.05) is 6.92 Å². The van der Waals surface area contributed by atoms with Crippen LogP contribution in [0, 0.1) is 11.8 Å². The Labute approximate surface area is 103 Å². The summed E-state index contributed by atoms with van der Waals surface area (Å²) in [6, 6.07) is 0.00602. The molecule has 0 aliphatic carbocycles. The number of carbonyl (C=O) groups excluding carboxylic acids is 1. The van der Waals surface area contributed by atoms with E-state index < -0.39 is 0 Å². The summed E-state index contributed by atoms with van der Waals surface area (Å²) in [4.78, 5) is 14.2. The maximum Gasteiger partial charge on any atom is 0.239 e. The first-order chi connectivity index (χ1) is 8.08. The van der Waals surface area contributed by atoms with Crippen LogP contribution < -0.4 is 5.32 Å². The average molecular weight is 240 g/mol. The van der Waals surface area contributed by atoms with Crippen molar-refractivity contribution in [3.8, 4) is 0 Å². The van der Waals surface area contributed by atoms with E-state index in [1.165, 1.54) is 6.42 Å². The maximum absolute atomic E-state index is 12.3. The molecule has 2 rings (SSSR count). The Morgan fingerprint density at radius 2 is 2.24 bits per heavy atom. The van der Waals surface area contributed by atoms with Crippen molar-refractivity contribution in [2.45, 2.75) is 45.3 Å². The van der Waals surface area contributed by atoms with Crippen molar-refractivity contribution in [1.29, 1.82) is 0 Å². The number of carbonyl (C=O) groups is 1. The normalized spacial score (nSPS) is 35.9. The van der Waals surface area contributed by atoms with E-state index in [0.29, 0.717) is 5.92 Å². The van der Waals surface area contributed by atoms with Gasteiger partial charge in [0.25, 0.3) is 0 Å². The molecule has 4 unspecified atom stereocenters. The van der Waals surface area contributed by atoms with Gasteiger partial charge in [0, 0.05) is 19.0 Å². The molecule has 4 nitrogen and oxygen atoms in total. The molecule has 98 valence electrons. The molecule has 4 atom stereocenters. The van der Waals surface area contributed by atoms with E-state index in [1.54, 1.807) is 0 Å². The predicted molar refractivity (Wildman–Crippen MR) is 66.6 cm³/mol. The summed E-state index contributed by atoms with van der Waals surface area (Å²) in [5.41, 5.74) is 0. The molecular formula is C13H24N2O2. The summed E-state index contributed by atoms with van der Waals surface area (Å²) in [7, 11) is 0. The Morgan fingerprint density at radius 3 is 2.82 bits per heavy atom. The van der Waals surface area contributed by atoms with Gasteiger partial charge in [-0.2, -0.15) is 0 Å². The van der Waals surface area contributed by atoms with Crippen LogP contribution in [0.4, 0.5) is 0 Å². The Balaban J connectivity index is 1.88. The van der Waals surface area contributed by atoms with Crippen molar-refractivity contribution in [3.63, 3.8) is 0 Å². The number of nitrogens with zero attached hydrogens (tertiary/aromatic N) is 1. The van der Waals surface area contributed by atoms with Crippen molar-refractivity contribution in [2.24, 2.45) is 11.8 Å². The lowest BCUT2D eigenvalue weighted by Crippen LogP contribution is -2.49. The molecule has 2 aliphatic rings. The van der Waals surface area contributed by atoms with Gasteiger partial charge in [0.2, 0.25) is 5.91 Å². The van der Waals surface area contributed by atoms with E-state index in [2.05, 4.69) is 12.2 Å². The van der Waals surface area contributed by atoms with E-state index >= 15 is 0 Å². The molecule has 2 heterocycles. The minimum atomic E-state index is -0.300. The molecular weight excluding hydrogens is 216 g/mol. The SMILES string of the molecule is CC1CCNC(C(=O)N2CCC(C(C)O)C2)C1. The summed E-state index contributed by atoms with van der Waals surface area (Å²) >= 11 is 0. The molecule has 2 aliphatic heterocycles. The van der Waals surface area contributed by atoms with E-state index in [4.69, 9.17) is 0 Å². The fraction of sp³-hybridized carbons (Fsp3) is 0.923. The summed E-state index contributed by atoms with van der Waals surface area (Å²) in [5, 5.41) is 12.9. The van der Waals surface area contributed by atoms with Crippen LogP contribution in [0.15, 0.2) is 0 Å². The number of piperidine rings is 1. The maximum atomic E-state index is 12.3. The third-order valence-corrected chi connectivity index (χ3v) is 4.18. The van der Waals surface area contributed by atoms with Crippen LogP contribution in [0.1, 0.15) is 33.1 Å². The van der Waals surface area contributed by atoms with Crippen LogP contribution in [0.2, 0.25) is 0 Å². The van der Waals surface area contributed by atoms with Crippen LogP contribution >= 0.6 is 0 Å². The minimum absolute atomic E-state index is 0.00602. The monoisotopic (exact) mass is 240 g/mol. The molecule has 2 saturated heterocycles. The van der Waals surface area contributed by atoms with E-state index in [-0.39, 0.29) is 24.0 Å². The second-order valence-corrected chi connectivity index (χ2v) is 5.71. The summed E-state index contributed by atoms with van der Waals surface area (Å²) in [6.45, 7) is 6.51. The van der Waals surface area contributed by atoms with Crippen LogP contribution in [0.5, 0.6) is 0 Å². The standard InChI is InChI=1S/C13H24N2O2/c1-9-3-5-14-12(7-9)13(17)15-6-4-11(8-15)10(2)16/h9-12,14,16H,3-8H2,1-2H3. The first-order valence-electron chi connectivity index (χ1n) is 6.78. The fourth-order valence-electron chi connectivity index (χ4n) is 2.90. The van der Waals surface area contributed by atoms with Gasteiger partial charge in [0.1, 0.15) is 0 Å². The van der Waals surface area contributed by atoms with Crippen molar-refractivity contribution < 1.29 is 9.90 Å². The summed E-state index contributed by atoms with van der Waals surface area (Å²) < 4.78 is 0. The zero-order valence-electron chi connectivity index (χ0n) is 10.9.